The number of carbonyl (C=O) groups is 3. The summed E-state index contributed by atoms with van der Waals surface area (Å²) in [6.45, 7) is 0.701. The quantitative estimate of drug-likeness (QED) is 0.459. The minimum atomic E-state index is -1.02. The lowest BCUT2D eigenvalue weighted by Gasteiger charge is -2.32. The topological polar surface area (TPSA) is 119 Å². The molecule has 0 unspecified atom stereocenters. The lowest BCUT2D eigenvalue weighted by Crippen LogP contribution is -2.48. The first-order valence-electron chi connectivity index (χ1n) is 12.1. The van der Waals surface area contributed by atoms with Gasteiger partial charge in [0.05, 0.1) is 18.9 Å². The van der Waals surface area contributed by atoms with Crippen LogP contribution in [0.3, 0.4) is 0 Å². The van der Waals surface area contributed by atoms with Crippen molar-refractivity contribution in [3.63, 3.8) is 0 Å². The van der Waals surface area contributed by atoms with Crippen molar-refractivity contribution in [3.8, 4) is 11.5 Å². The molecule has 3 heterocycles. The van der Waals surface area contributed by atoms with Gasteiger partial charge in [-0.1, -0.05) is 30.3 Å². The maximum absolute atomic E-state index is 13.7. The molecule has 2 atom stereocenters. The normalized spacial score (nSPS) is 16.7. The van der Waals surface area contributed by atoms with Gasteiger partial charge in [0, 0.05) is 24.9 Å². The summed E-state index contributed by atoms with van der Waals surface area (Å²) in [7, 11) is 0. The van der Waals surface area contributed by atoms with Crippen molar-refractivity contribution in [2.24, 2.45) is 0 Å². The third-order valence-corrected chi connectivity index (χ3v) is 6.20. The monoisotopic (exact) mass is 505 g/mol. The Morgan fingerprint density at radius 2 is 1.81 bits per heavy atom. The second kappa shape index (κ2) is 11.2. The number of furan rings is 1. The fraction of sp³-hybridized carbons (Fsp3) is 0.296. The average molecular weight is 506 g/mol. The van der Waals surface area contributed by atoms with Crippen LogP contribution in [0.4, 0.5) is 5.69 Å². The summed E-state index contributed by atoms with van der Waals surface area (Å²) < 4.78 is 21.7. The van der Waals surface area contributed by atoms with E-state index in [1.54, 1.807) is 48.5 Å². The molecule has 0 bridgehead atoms. The number of amides is 3. The summed E-state index contributed by atoms with van der Waals surface area (Å²) >= 11 is 0. The zero-order chi connectivity index (χ0) is 25.6. The van der Waals surface area contributed by atoms with Crippen LogP contribution >= 0.6 is 0 Å². The third kappa shape index (κ3) is 5.59. The van der Waals surface area contributed by atoms with E-state index in [1.165, 1.54) is 17.2 Å². The molecule has 3 aromatic rings. The maximum Gasteiger partial charge on any atom is 0.287 e. The highest BCUT2D eigenvalue weighted by Crippen LogP contribution is 2.38. The number of fused-ring (bicyclic) bond motifs is 1. The molecule has 1 fully saturated rings. The van der Waals surface area contributed by atoms with E-state index >= 15 is 0 Å². The second-order valence-electron chi connectivity index (χ2n) is 8.65. The van der Waals surface area contributed by atoms with Gasteiger partial charge in [-0.15, -0.1) is 0 Å². The Balaban J connectivity index is 1.46. The number of hydrogen-bond donors (Lipinski definition) is 2. The zero-order valence-electron chi connectivity index (χ0n) is 20.1. The van der Waals surface area contributed by atoms with Crippen molar-refractivity contribution in [2.75, 3.05) is 31.4 Å². The molecule has 5 rings (SSSR count). The van der Waals surface area contributed by atoms with Gasteiger partial charge in [0.1, 0.15) is 6.04 Å². The van der Waals surface area contributed by atoms with Crippen LogP contribution in [0, 0.1) is 0 Å². The van der Waals surface area contributed by atoms with Crippen molar-refractivity contribution < 1.29 is 33.0 Å². The van der Waals surface area contributed by atoms with Crippen LogP contribution in [0.15, 0.2) is 71.3 Å². The van der Waals surface area contributed by atoms with Crippen molar-refractivity contribution in [2.45, 2.75) is 25.0 Å². The summed E-state index contributed by atoms with van der Waals surface area (Å²) in [4.78, 5) is 41.2. The first kappa shape index (κ1) is 24.4. The number of nitrogens with zero attached hydrogens (tertiary/aromatic N) is 1. The summed E-state index contributed by atoms with van der Waals surface area (Å²) in [5, 5.41) is 5.53. The summed E-state index contributed by atoms with van der Waals surface area (Å²) in [5.41, 5.74) is 1.03. The Labute approximate surface area is 213 Å². The lowest BCUT2D eigenvalue weighted by atomic mass is 10.0. The molecule has 0 spiro atoms. The molecular formula is C27H27N3O7. The first-order valence-corrected chi connectivity index (χ1v) is 12.1. The molecule has 10 nitrogen and oxygen atoms in total. The molecule has 1 saturated heterocycles. The highest BCUT2D eigenvalue weighted by Gasteiger charge is 2.34. The van der Waals surface area contributed by atoms with Gasteiger partial charge >= 0.3 is 0 Å². The molecule has 192 valence electrons. The molecule has 0 radical (unpaired) electrons. The number of benzene rings is 2. The average Bonchev–Trinajstić information content (AvgIpc) is 3.72. The fourth-order valence-corrected chi connectivity index (χ4v) is 4.38. The number of rotatable bonds is 9. The van der Waals surface area contributed by atoms with Crippen molar-refractivity contribution >= 4 is 23.4 Å². The SMILES string of the molecule is O=C(NCC(=O)N(c1ccc2c(c1)OCO2)[C@H](C(=O)NC[C@H]1CCCO1)c1ccccc1)c1ccco1. The number of anilines is 1. The number of carbonyl (C=O) groups excluding carboxylic acids is 3. The van der Waals surface area contributed by atoms with Gasteiger partial charge in [0.25, 0.3) is 5.91 Å². The van der Waals surface area contributed by atoms with Crippen LogP contribution in [0.25, 0.3) is 0 Å². The van der Waals surface area contributed by atoms with Crippen LogP contribution in [0.5, 0.6) is 11.5 Å². The highest BCUT2D eigenvalue weighted by molar-refractivity contribution is 6.04. The number of nitrogens with one attached hydrogen (secondary N) is 2. The molecule has 3 amide bonds. The predicted molar refractivity (Wildman–Crippen MR) is 132 cm³/mol. The molecule has 2 aliphatic rings. The van der Waals surface area contributed by atoms with Gasteiger partial charge in [-0.05, 0) is 42.7 Å². The summed E-state index contributed by atoms with van der Waals surface area (Å²) in [6, 6.07) is 16.1. The molecule has 0 aliphatic carbocycles. The van der Waals surface area contributed by atoms with Crippen LogP contribution < -0.4 is 25.0 Å². The van der Waals surface area contributed by atoms with Gasteiger partial charge in [0.15, 0.2) is 17.3 Å². The highest BCUT2D eigenvalue weighted by atomic mass is 16.7. The molecule has 10 heteroatoms. The number of ether oxygens (including phenoxy) is 3. The summed E-state index contributed by atoms with van der Waals surface area (Å²) in [6.07, 6.45) is 3.11. The Morgan fingerprint density at radius 3 is 2.57 bits per heavy atom. The molecule has 2 N–H and O–H groups in total. The van der Waals surface area contributed by atoms with Crippen LogP contribution in [-0.4, -0.2) is 50.3 Å². The minimum Gasteiger partial charge on any atom is -0.459 e. The van der Waals surface area contributed by atoms with Gasteiger partial charge in [-0.25, -0.2) is 0 Å². The third-order valence-electron chi connectivity index (χ3n) is 6.20. The van der Waals surface area contributed by atoms with Gasteiger partial charge in [-0.2, -0.15) is 0 Å². The molecule has 37 heavy (non-hydrogen) atoms. The summed E-state index contributed by atoms with van der Waals surface area (Å²) in [5.74, 6) is -0.327. The maximum atomic E-state index is 13.7. The Morgan fingerprint density at radius 1 is 0.973 bits per heavy atom. The lowest BCUT2D eigenvalue weighted by molar-refractivity contribution is -0.126. The van der Waals surface area contributed by atoms with Gasteiger partial charge in [0.2, 0.25) is 18.6 Å². The Kier molecular flexibility index (Phi) is 7.36. The second-order valence-corrected chi connectivity index (χ2v) is 8.65. The standard InChI is InChI=1S/C27H27N3O7/c31-24(16-29-26(32)22-9-5-13-35-22)30(19-10-11-21-23(14-19)37-17-36-21)25(18-6-2-1-3-7-18)27(33)28-15-20-8-4-12-34-20/h1-3,5-7,9-11,13-14,20,25H,4,8,12,15-17H2,(H,28,33)(H,29,32)/t20-,25+/m1/s1. The van der Waals surface area contributed by atoms with E-state index in [9.17, 15) is 14.4 Å². The first-order chi connectivity index (χ1) is 18.1. The zero-order valence-corrected chi connectivity index (χ0v) is 20.1. The van der Waals surface area contributed by atoms with Gasteiger partial charge in [-0.3, -0.25) is 19.3 Å². The van der Waals surface area contributed by atoms with E-state index in [2.05, 4.69) is 10.6 Å². The fourth-order valence-electron chi connectivity index (χ4n) is 4.38. The van der Waals surface area contributed by atoms with Crippen molar-refractivity contribution in [3.05, 3.63) is 78.3 Å². The van der Waals surface area contributed by atoms with Crippen LogP contribution in [-0.2, 0) is 14.3 Å². The van der Waals surface area contributed by atoms with Gasteiger partial charge < -0.3 is 29.3 Å². The van der Waals surface area contributed by atoms with E-state index in [1.807, 2.05) is 6.07 Å². The van der Waals surface area contributed by atoms with E-state index < -0.39 is 17.9 Å². The van der Waals surface area contributed by atoms with E-state index in [-0.39, 0.29) is 31.1 Å². The molecular weight excluding hydrogens is 478 g/mol. The largest absolute Gasteiger partial charge is 0.459 e. The number of hydrogen-bond acceptors (Lipinski definition) is 7. The van der Waals surface area contributed by atoms with Crippen LogP contribution in [0.1, 0.15) is 35.0 Å². The predicted octanol–water partition coefficient (Wildman–Crippen LogP) is 2.81. The van der Waals surface area contributed by atoms with Crippen molar-refractivity contribution in [1.29, 1.82) is 0 Å². The van der Waals surface area contributed by atoms with Crippen LogP contribution in [0.2, 0.25) is 0 Å². The smallest absolute Gasteiger partial charge is 0.287 e. The minimum absolute atomic E-state index is 0.0654. The van der Waals surface area contributed by atoms with Crippen molar-refractivity contribution in [1.82, 2.24) is 10.6 Å². The molecule has 2 aliphatic heterocycles. The van der Waals surface area contributed by atoms with E-state index in [4.69, 9.17) is 18.6 Å². The molecule has 0 saturated carbocycles. The molecule has 2 aromatic carbocycles. The Hall–Kier alpha value is -4.31. The Bertz CT molecular complexity index is 1240. The van der Waals surface area contributed by atoms with E-state index in [0.29, 0.717) is 35.9 Å². The molecule has 1 aromatic heterocycles. The van der Waals surface area contributed by atoms with E-state index in [0.717, 1.165) is 12.8 Å².